The molecule has 1 aliphatic carbocycles. The molecule has 6 heteroatoms. The molecule has 164 valence electrons. The van der Waals surface area contributed by atoms with Crippen molar-refractivity contribution in [1.29, 1.82) is 0 Å². The maximum atomic E-state index is 13.3. The molecular weight excluding hydrogens is 380 g/mol. The summed E-state index contributed by atoms with van der Waals surface area (Å²) in [5.41, 5.74) is 0.513. The summed E-state index contributed by atoms with van der Waals surface area (Å²) in [6.07, 6.45) is 8.09. The molecule has 3 aliphatic heterocycles. The van der Waals surface area contributed by atoms with Crippen molar-refractivity contribution < 1.29 is 19.4 Å². The smallest absolute Gasteiger partial charge is 0.254 e. The van der Waals surface area contributed by atoms with Gasteiger partial charge in [-0.1, -0.05) is 6.42 Å². The van der Waals surface area contributed by atoms with Crippen molar-refractivity contribution in [2.45, 2.75) is 50.6 Å². The van der Waals surface area contributed by atoms with E-state index in [2.05, 4.69) is 4.90 Å². The molecule has 3 saturated heterocycles. The number of carbonyl (C=O) groups is 1. The van der Waals surface area contributed by atoms with Crippen LogP contribution in [-0.4, -0.2) is 72.9 Å². The third-order valence-corrected chi connectivity index (χ3v) is 7.58. The SMILES string of the molecule is COCCOc1cc(O)cc(C(=O)N2C[C@@H]3C[C@H](C2)[C@@H]2CCC[C@H](C4CC4)N2C3)c1. The molecule has 0 radical (unpaired) electrons. The van der Waals surface area contributed by atoms with Gasteiger partial charge in [0.1, 0.15) is 18.1 Å². The number of carbonyl (C=O) groups excluding carboxylic acids is 1. The van der Waals surface area contributed by atoms with Gasteiger partial charge >= 0.3 is 0 Å². The Kier molecular flexibility index (Phi) is 5.63. The van der Waals surface area contributed by atoms with E-state index in [0.29, 0.717) is 42.4 Å². The zero-order valence-corrected chi connectivity index (χ0v) is 18.0. The number of amides is 1. The monoisotopic (exact) mass is 414 g/mol. The number of benzene rings is 1. The Morgan fingerprint density at radius 3 is 2.60 bits per heavy atom. The molecule has 1 aromatic carbocycles. The second-order valence-corrected chi connectivity index (χ2v) is 9.73. The molecule has 1 saturated carbocycles. The summed E-state index contributed by atoms with van der Waals surface area (Å²) in [6, 6.07) is 6.31. The summed E-state index contributed by atoms with van der Waals surface area (Å²) in [7, 11) is 1.62. The first-order valence-electron chi connectivity index (χ1n) is 11.6. The second kappa shape index (κ2) is 8.39. The lowest BCUT2D eigenvalue weighted by atomic mass is 9.74. The van der Waals surface area contributed by atoms with Crippen molar-refractivity contribution in [3.63, 3.8) is 0 Å². The van der Waals surface area contributed by atoms with Crippen LogP contribution in [0.4, 0.5) is 0 Å². The van der Waals surface area contributed by atoms with Crippen molar-refractivity contribution in [1.82, 2.24) is 9.80 Å². The van der Waals surface area contributed by atoms with E-state index in [4.69, 9.17) is 9.47 Å². The molecule has 6 nitrogen and oxygen atoms in total. The highest BCUT2D eigenvalue weighted by atomic mass is 16.5. The van der Waals surface area contributed by atoms with Crippen LogP contribution in [0.2, 0.25) is 0 Å². The molecule has 0 aromatic heterocycles. The Morgan fingerprint density at radius 1 is 1.03 bits per heavy atom. The highest BCUT2D eigenvalue weighted by molar-refractivity contribution is 5.95. The summed E-state index contributed by atoms with van der Waals surface area (Å²) in [5.74, 6) is 2.68. The predicted molar refractivity (Wildman–Crippen MR) is 114 cm³/mol. The van der Waals surface area contributed by atoms with Gasteiger partial charge in [0.2, 0.25) is 0 Å². The van der Waals surface area contributed by atoms with E-state index in [-0.39, 0.29) is 11.7 Å². The van der Waals surface area contributed by atoms with Crippen LogP contribution in [0.5, 0.6) is 11.5 Å². The van der Waals surface area contributed by atoms with Crippen molar-refractivity contribution in [2.24, 2.45) is 17.8 Å². The quantitative estimate of drug-likeness (QED) is 0.725. The van der Waals surface area contributed by atoms with E-state index in [0.717, 1.165) is 31.6 Å². The maximum Gasteiger partial charge on any atom is 0.254 e. The fourth-order valence-corrected chi connectivity index (χ4v) is 6.22. The number of likely N-dealkylation sites (tertiary alicyclic amines) is 1. The van der Waals surface area contributed by atoms with Gasteiger partial charge in [-0.15, -0.1) is 0 Å². The highest BCUT2D eigenvalue weighted by Gasteiger charge is 2.48. The number of methoxy groups -OCH3 is 1. The van der Waals surface area contributed by atoms with Gasteiger partial charge < -0.3 is 19.5 Å². The summed E-state index contributed by atoms with van der Waals surface area (Å²) in [5, 5.41) is 10.1. The van der Waals surface area contributed by atoms with Crippen LogP contribution in [0, 0.1) is 17.8 Å². The Bertz CT molecular complexity index is 780. The summed E-state index contributed by atoms with van der Waals surface area (Å²) in [4.78, 5) is 18.2. The summed E-state index contributed by atoms with van der Waals surface area (Å²) >= 11 is 0. The minimum atomic E-state index is 0.0141. The molecule has 4 atom stereocenters. The Morgan fingerprint density at radius 2 is 1.83 bits per heavy atom. The van der Waals surface area contributed by atoms with E-state index < -0.39 is 0 Å². The van der Waals surface area contributed by atoms with E-state index in [9.17, 15) is 9.90 Å². The minimum absolute atomic E-state index is 0.0141. The largest absolute Gasteiger partial charge is 0.508 e. The summed E-state index contributed by atoms with van der Waals surface area (Å²) < 4.78 is 10.6. The van der Waals surface area contributed by atoms with Gasteiger partial charge in [-0.05, 0) is 62.0 Å². The number of nitrogens with zero attached hydrogens (tertiary/aromatic N) is 2. The molecule has 2 bridgehead atoms. The van der Waals surface area contributed by atoms with Crippen LogP contribution < -0.4 is 4.74 Å². The van der Waals surface area contributed by atoms with Gasteiger partial charge in [0.25, 0.3) is 5.91 Å². The second-order valence-electron chi connectivity index (χ2n) is 9.73. The Balaban J connectivity index is 1.29. The fourth-order valence-electron chi connectivity index (χ4n) is 6.22. The number of hydrogen-bond acceptors (Lipinski definition) is 5. The topological polar surface area (TPSA) is 62.2 Å². The first-order valence-corrected chi connectivity index (χ1v) is 11.6. The van der Waals surface area contributed by atoms with Gasteiger partial charge in [0, 0.05) is 50.5 Å². The van der Waals surface area contributed by atoms with Crippen LogP contribution in [0.3, 0.4) is 0 Å². The van der Waals surface area contributed by atoms with Crippen LogP contribution in [0.25, 0.3) is 0 Å². The van der Waals surface area contributed by atoms with Gasteiger partial charge in [-0.2, -0.15) is 0 Å². The number of hydrogen-bond donors (Lipinski definition) is 1. The molecule has 5 rings (SSSR count). The average molecular weight is 415 g/mol. The fraction of sp³-hybridized carbons (Fsp3) is 0.708. The van der Waals surface area contributed by atoms with E-state index >= 15 is 0 Å². The van der Waals surface area contributed by atoms with Crippen molar-refractivity contribution >= 4 is 5.91 Å². The van der Waals surface area contributed by atoms with Gasteiger partial charge in [-0.3, -0.25) is 9.69 Å². The van der Waals surface area contributed by atoms with Crippen molar-refractivity contribution in [2.75, 3.05) is 40.0 Å². The van der Waals surface area contributed by atoms with Gasteiger partial charge in [0.15, 0.2) is 0 Å². The number of phenolic OH excluding ortho intramolecular Hbond substituents is 1. The molecule has 0 spiro atoms. The van der Waals surface area contributed by atoms with E-state index in [1.54, 1.807) is 25.3 Å². The number of ether oxygens (including phenoxy) is 2. The molecule has 1 amide bonds. The minimum Gasteiger partial charge on any atom is -0.508 e. The third kappa shape index (κ3) is 4.04. The lowest BCUT2D eigenvalue weighted by Gasteiger charge is -2.55. The molecular formula is C24H34N2O4. The molecule has 3 heterocycles. The molecule has 4 fully saturated rings. The average Bonchev–Trinajstić information content (AvgIpc) is 3.58. The zero-order valence-electron chi connectivity index (χ0n) is 18.0. The number of fused-ring (bicyclic) bond motifs is 4. The Labute approximate surface area is 179 Å². The molecule has 1 aromatic rings. The normalized spacial score (nSPS) is 31.3. The first-order chi connectivity index (χ1) is 14.6. The zero-order chi connectivity index (χ0) is 20.7. The van der Waals surface area contributed by atoms with Gasteiger partial charge in [-0.25, -0.2) is 0 Å². The lowest BCUT2D eigenvalue weighted by Crippen LogP contribution is -2.62. The lowest BCUT2D eigenvalue weighted by molar-refractivity contribution is -0.0551. The van der Waals surface area contributed by atoms with Crippen molar-refractivity contribution in [3.05, 3.63) is 23.8 Å². The van der Waals surface area contributed by atoms with Crippen LogP contribution >= 0.6 is 0 Å². The van der Waals surface area contributed by atoms with E-state index in [1.165, 1.54) is 38.5 Å². The molecule has 4 aliphatic rings. The third-order valence-electron chi connectivity index (χ3n) is 7.58. The van der Waals surface area contributed by atoms with Crippen LogP contribution in [0.15, 0.2) is 18.2 Å². The highest BCUT2D eigenvalue weighted by Crippen LogP contribution is 2.46. The molecule has 30 heavy (non-hydrogen) atoms. The first kappa shape index (κ1) is 20.1. The van der Waals surface area contributed by atoms with E-state index in [1.807, 2.05) is 4.90 Å². The maximum absolute atomic E-state index is 13.3. The molecule has 0 unspecified atom stereocenters. The van der Waals surface area contributed by atoms with Crippen molar-refractivity contribution in [3.8, 4) is 11.5 Å². The number of rotatable bonds is 6. The number of phenols is 1. The molecule has 1 N–H and O–H groups in total. The Hall–Kier alpha value is -1.79. The van der Waals surface area contributed by atoms with Crippen LogP contribution in [-0.2, 0) is 4.74 Å². The summed E-state index contributed by atoms with van der Waals surface area (Å²) in [6.45, 7) is 3.67. The number of piperidine rings is 3. The standard InChI is InChI=1S/C24H34N2O4/c1-29-7-8-30-21-11-18(10-20(27)12-21)24(28)25-13-16-9-19(15-25)23-4-2-3-22(17-5-6-17)26(23)14-16/h10-12,16-17,19,22-23,27H,2-9,13-15H2,1H3/t16-,19+,22+,23-/m0/s1. The predicted octanol–water partition coefficient (Wildman–Crippen LogP) is 3.14. The van der Waals surface area contributed by atoms with Crippen LogP contribution in [0.1, 0.15) is 48.9 Å². The van der Waals surface area contributed by atoms with Gasteiger partial charge in [0.05, 0.1) is 6.61 Å². The number of aromatic hydroxyl groups is 1.